The molecule has 2 aliphatic heterocycles. The highest BCUT2D eigenvalue weighted by atomic mass is 32.2. The third-order valence-electron chi connectivity index (χ3n) is 7.24. The molecule has 0 aliphatic carbocycles. The van der Waals surface area contributed by atoms with Gasteiger partial charge in [-0.25, -0.2) is 8.42 Å². The van der Waals surface area contributed by atoms with Crippen LogP contribution < -0.4 is 10.6 Å². The largest absolute Gasteiger partial charge is 0.481 e. The smallest absolute Gasteiger partial charge is 0.309 e. The van der Waals surface area contributed by atoms with Crippen molar-refractivity contribution in [2.24, 2.45) is 11.8 Å². The van der Waals surface area contributed by atoms with Gasteiger partial charge in [0.1, 0.15) is 5.69 Å². The first-order valence-corrected chi connectivity index (χ1v) is 14.7. The molecule has 1 aromatic heterocycles. The number of amides is 2. The Hall–Kier alpha value is -3.25. The molecule has 2 aliphatic rings. The number of carbonyl (C=O) groups excluding carboxylic acids is 2. The van der Waals surface area contributed by atoms with Gasteiger partial charge in [0, 0.05) is 32.2 Å². The van der Waals surface area contributed by atoms with E-state index in [1.165, 1.54) is 22.9 Å². The third kappa shape index (κ3) is 6.79. The Kier molecular flexibility index (Phi) is 8.83. The zero-order chi connectivity index (χ0) is 27.3. The number of nitrogens with one attached hydrogen (secondary N) is 2. The van der Waals surface area contributed by atoms with Crippen LogP contribution in [0.25, 0.3) is 0 Å². The third-order valence-corrected chi connectivity index (χ3v) is 9.07. The second kappa shape index (κ2) is 12.1. The van der Waals surface area contributed by atoms with Crippen molar-refractivity contribution in [3.05, 3.63) is 47.3 Å². The predicted octanol–water partition coefficient (Wildman–Crippen LogP) is 1.33. The number of fused-ring (bicyclic) bond motifs is 1. The SMILES string of the molecule is Cc1ccc(S(=O)(=O)C[C@@H](CNC(=O)c2cc3n(n2)CCCN(CCC2CCNCC2)C3=O)C(=O)O)cc1. The highest BCUT2D eigenvalue weighted by molar-refractivity contribution is 7.91. The lowest BCUT2D eigenvalue weighted by atomic mass is 9.94. The number of aromatic nitrogens is 2. The molecule has 2 amide bonds. The van der Waals surface area contributed by atoms with Gasteiger partial charge in [0.15, 0.2) is 15.5 Å². The van der Waals surface area contributed by atoms with Crippen LogP contribution in [0.1, 0.15) is 52.2 Å². The van der Waals surface area contributed by atoms with E-state index in [-0.39, 0.29) is 16.5 Å². The van der Waals surface area contributed by atoms with Crippen molar-refractivity contribution in [1.82, 2.24) is 25.3 Å². The number of hydrogen-bond acceptors (Lipinski definition) is 7. The molecule has 0 bridgehead atoms. The molecule has 0 spiro atoms. The van der Waals surface area contributed by atoms with Crippen LogP contribution in [0.5, 0.6) is 0 Å². The molecule has 0 saturated carbocycles. The summed E-state index contributed by atoms with van der Waals surface area (Å²) in [5.41, 5.74) is 1.21. The van der Waals surface area contributed by atoms with E-state index in [9.17, 15) is 27.9 Å². The van der Waals surface area contributed by atoms with Crippen LogP contribution in [-0.2, 0) is 21.2 Å². The standard InChI is InChI=1S/C26H35N5O6S/c1-18-3-5-21(6-4-18)38(36,37)17-20(26(34)35)16-28-24(32)22-15-23-25(33)30(12-2-13-31(23)29-22)14-9-19-7-10-27-11-8-19/h3-6,15,19-20,27H,2,7-14,16-17H2,1H3,(H,28,32)(H,34,35)/t20-/m1/s1. The molecule has 0 unspecified atom stereocenters. The van der Waals surface area contributed by atoms with Crippen molar-refractivity contribution in [3.8, 4) is 0 Å². The molecule has 1 fully saturated rings. The highest BCUT2D eigenvalue weighted by Gasteiger charge is 2.30. The van der Waals surface area contributed by atoms with E-state index in [4.69, 9.17) is 0 Å². The first-order valence-electron chi connectivity index (χ1n) is 13.0. The number of carbonyl (C=O) groups is 3. The Morgan fingerprint density at radius 1 is 1.18 bits per heavy atom. The number of aryl methyl sites for hydroxylation is 2. The first-order chi connectivity index (χ1) is 18.1. The minimum absolute atomic E-state index is 0.000847. The van der Waals surface area contributed by atoms with E-state index in [0.717, 1.165) is 37.9 Å². The van der Waals surface area contributed by atoms with Crippen LogP contribution in [0.15, 0.2) is 35.2 Å². The number of benzene rings is 1. The summed E-state index contributed by atoms with van der Waals surface area (Å²) >= 11 is 0. The number of sulfone groups is 1. The van der Waals surface area contributed by atoms with Crippen LogP contribution in [0.4, 0.5) is 0 Å². The molecule has 0 radical (unpaired) electrons. The number of piperidine rings is 1. The number of hydrogen-bond donors (Lipinski definition) is 3. The summed E-state index contributed by atoms with van der Waals surface area (Å²) in [7, 11) is -3.87. The quantitative estimate of drug-likeness (QED) is 0.405. The fraction of sp³-hybridized carbons (Fsp3) is 0.538. The van der Waals surface area contributed by atoms with Gasteiger partial charge >= 0.3 is 5.97 Å². The molecule has 3 heterocycles. The molecule has 4 rings (SSSR count). The molecule has 1 atom stereocenters. The van der Waals surface area contributed by atoms with Crippen molar-refractivity contribution in [3.63, 3.8) is 0 Å². The number of rotatable bonds is 10. The molecular formula is C26H35N5O6S. The molecule has 3 N–H and O–H groups in total. The number of carboxylic acids is 1. The number of aliphatic carboxylic acids is 1. The normalized spacial score (nSPS) is 17.5. The zero-order valence-electron chi connectivity index (χ0n) is 21.6. The minimum atomic E-state index is -3.87. The summed E-state index contributed by atoms with van der Waals surface area (Å²) in [6.45, 7) is 5.22. The van der Waals surface area contributed by atoms with Gasteiger partial charge in [-0.3, -0.25) is 19.1 Å². The molecular weight excluding hydrogens is 510 g/mol. The van der Waals surface area contributed by atoms with Crippen molar-refractivity contribution in [2.45, 2.75) is 44.0 Å². The van der Waals surface area contributed by atoms with Crippen molar-refractivity contribution in [2.75, 3.05) is 38.5 Å². The maximum Gasteiger partial charge on any atom is 0.309 e. The summed E-state index contributed by atoms with van der Waals surface area (Å²) in [6, 6.07) is 7.59. The predicted molar refractivity (Wildman–Crippen MR) is 140 cm³/mol. The topological polar surface area (TPSA) is 151 Å². The molecule has 12 heteroatoms. The van der Waals surface area contributed by atoms with Gasteiger partial charge in [-0.2, -0.15) is 5.10 Å². The van der Waals surface area contributed by atoms with Crippen LogP contribution in [0, 0.1) is 18.8 Å². The second-order valence-corrected chi connectivity index (χ2v) is 12.1. The van der Waals surface area contributed by atoms with Gasteiger partial charge in [-0.1, -0.05) is 17.7 Å². The van der Waals surface area contributed by atoms with Gasteiger partial charge in [-0.05, 0) is 63.7 Å². The van der Waals surface area contributed by atoms with Gasteiger partial charge in [0.2, 0.25) is 0 Å². The minimum Gasteiger partial charge on any atom is -0.481 e. The van der Waals surface area contributed by atoms with Gasteiger partial charge < -0.3 is 20.6 Å². The Bertz CT molecular complexity index is 1270. The lowest BCUT2D eigenvalue weighted by Crippen LogP contribution is -2.37. The van der Waals surface area contributed by atoms with Crippen LogP contribution in [0.2, 0.25) is 0 Å². The van der Waals surface area contributed by atoms with Crippen molar-refractivity contribution >= 4 is 27.6 Å². The van der Waals surface area contributed by atoms with Gasteiger partial charge in [-0.15, -0.1) is 0 Å². The fourth-order valence-electron chi connectivity index (χ4n) is 4.90. The lowest BCUT2D eigenvalue weighted by Gasteiger charge is -2.26. The summed E-state index contributed by atoms with van der Waals surface area (Å²) in [4.78, 5) is 39.6. The van der Waals surface area contributed by atoms with E-state index in [1.807, 2.05) is 11.8 Å². The van der Waals surface area contributed by atoms with Crippen molar-refractivity contribution in [1.29, 1.82) is 0 Å². The number of carboxylic acid groups (broad SMARTS) is 1. The lowest BCUT2D eigenvalue weighted by molar-refractivity contribution is -0.140. The maximum atomic E-state index is 13.2. The average Bonchev–Trinajstić information content (AvgIpc) is 3.27. The second-order valence-electron chi connectivity index (χ2n) is 10.1. The Morgan fingerprint density at radius 3 is 2.58 bits per heavy atom. The van der Waals surface area contributed by atoms with E-state index >= 15 is 0 Å². The summed E-state index contributed by atoms with van der Waals surface area (Å²) in [6.07, 6.45) is 3.87. The highest BCUT2D eigenvalue weighted by Crippen LogP contribution is 2.20. The fourth-order valence-corrected chi connectivity index (χ4v) is 6.43. The summed E-state index contributed by atoms with van der Waals surface area (Å²) in [5.74, 6) is -3.57. The Labute approximate surface area is 222 Å². The summed E-state index contributed by atoms with van der Waals surface area (Å²) in [5, 5.41) is 19.7. The van der Waals surface area contributed by atoms with Crippen molar-refractivity contribution < 1.29 is 27.9 Å². The monoisotopic (exact) mass is 545 g/mol. The molecule has 1 saturated heterocycles. The maximum absolute atomic E-state index is 13.2. The van der Waals surface area contributed by atoms with E-state index in [1.54, 1.807) is 12.1 Å². The number of nitrogens with zero attached hydrogens (tertiary/aromatic N) is 3. The van der Waals surface area contributed by atoms with E-state index < -0.39 is 39.9 Å². The molecule has 11 nitrogen and oxygen atoms in total. The Morgan fingerprint density at radius 2 is 1.89 bits per heavy atom. The van der Waals surface area contributed by atoms with Gasteiger partial charge in [0.25, 0.3) is 11.8 Å². The van der Waals surface area contributed by atoms with E-state index in [0.29, 0.717) is 37.7 Å². The van der Waals surface area contributed by atoms with Gasteiger partial charge in [0.05, 0.1) is 16.6 Å². The van der Waals surface area contributed by atoms with Crippen LogP contribution >= 0.6 is 0 Å². The van der Waals surface area contributed by atoms with E-state index in [2.05, 4.69) is 15.7 Å². The first kappa shape index (κ1) is 27.8. The molecule has 2 aromatic rings. The zero-order valence-corrected chi connectivity index (χ0v) is 22.4. The molecule has 206 valence electrons. The average molecular weight is 546 g/mol. The Balaban J connectivity index is 1.38. The van der Waals surface area contributed by atoms with Crippen LogP contribution in [0.3, 0.4) is 0 Å². The summed E-state index contributed by atoms with van der Waals surface area (Å²) < 4.78 is 27.0. The van der Waals surface area contributed by atoms with Crippen LogP contribution in [-0.4, -0.2) is 84.5 Å². The molecule has 1 aromatic carbocycles. The molecule has 38 heavy (non-hydrogen) atoms.